The number of hydrogen-bond acceptors (Lipinski definition) is 2. The Morgan fingerprint density at radius 2 is 2.05 bits per heavy atom. The summed E-state index contributed by atoms with van der Waals surface area (Å²) in [7, 11) is 1.80. The molecule has 21 heavy (non-hydrogen) atoms. The number of aromatic nitrogens is 1. The van der Waals surface area contributed by atoms with Crippen molar-refractivity contribution < 1.29 is 4.79 Å². The summed E-state index contributed by atoms with van der Waals surface area (Å²) in [6.07, 6.45) is 6.06. The van der Waals surface area contributed by atoms with E-state index in [4.69, 9.17) is 11.6 Å². The van der Waals surface area contributed by atoms with Gasteiger partial charge in [0.05, 0.1) is 5.69 Å². The third-order valence-corrected chi connectivity index (χ3v) is 4.05. The van der Waals surface area contributed by atoms with Gasteiger partial charge in [-0.2, -0.15) is 0 Å². The lowest BCUT2D eigenvalue weighted by Gasteiger charge is -2.28. The molecule has 4 heteroatoms. The average molecular weight is 299 g/mol. The molecule has 1 aromatic carbocycles. The minimum Gasteiger partial charge on any atom is -0.311 e. The average Bonchev–Trinajstić information content (AvgIpc) is 2.46. The molecule has 0 atom stereocenters. The number of likely N-dealkylation sites (N-methyl/N-ethyl adjacent to an activating group) is 1. The standard InChI is InChI=1S/C17H15ClN2O/c1-11-9-19-10-14-8-13(17(21)20(2)16(11)14)7-12-5-3-4-6-15(12)18/h3-7,9-10H,8H2,1-2H3/b13-7-. The lowest BCUT2D eigenvalue weighted by molar-refractivity contribution is -0.115. The van der Waals surface area contributed by atoms with E-state index in [2.05, 4.69) is 4.98 Å². The molecule has 3 nitrogen and oxygen atoms in total. The van der Waals surface area contributed by atoms with Gasteiger partial charge in [-0.15, -0.1) is 0 Å². The molecule has 1 aliphatic rings. The molecular formula is C17H15ClN2O. The van der Waals surface area contributed by atoms with Crippen molar-refractivity contribution in [3.63, 3.8) is 0 Å². The molecule has 2 heterocycles. The Bertz CT molecular complexity index is 752. The van der Waals surface area contributed by atoms with Gasteiger partial charge in [0.15, 0.2) is 0 Å². The van der Waals surface area contributed by atoms with Gasteiger partial charge in [0.1, 0.15) is 0 Å². The van der Waals surface area contributed by atoms with Crippen molar-refractivity contribution in [2.45, 2.75) is 13.3 Å². The summed E-state index contributed by atoms with van der Waals surface area (Å²) < 4.78 is 0. The van der Waals surface area contributed by atoms with Crippen LogP contribution in [0.1, 0.15) is 16.7 Å². The van der Waals surface area contributed by atoms with E-state index in [0.29, 0.717) is 11.4 Å². The number of nitrogens with zero attached hydrogens (tertiary/aromatic N) is 2. The van der Waals surface area contributed by atoms with E-state index >= 15 is 0 Å². The Morgan fingerprint density at radius 1 is 1.29 bits per heavy atom. The maximum absolute atomic E-state index is 12.6. The van der Waals surface area contributed by atoms with Gasteiger partial charge < -0.3 is 4.90 Å². The van der Waals surface area contributed by atoms with Crippen molar-refractivity contribution in [1.82, 2.24) is 4.98 Å². The Labute approximate surface area is 128 Å². The third kappa shape index (κ3) is 2.45. The number of aryl methyl sites for hydroxylation is 1. The number of carbonyl (C=O) groups excluding carboxylic acids is 1. The zero-order chi connectivity index (χ0) is 15.0. The fourth-order valence-electron chi connectivity index (χ4n) is 2.71. The number of carbonyl (C=O) groups is 1. The molecule has 3 rings (SSSR count). The van der Waals surface area contributed by atoms with E-state index in [-0.39, 0.29) is 5.91 Å². The molecular weight excluding hydrogens is 284 g/mol. The largest absolute Gasteiger partial charge is 0.311 e. The Morgan fingerprint density at radius 3 is 2.81 bits per heavy atom. The fourth-order valence-corrected chi connectivity index (χ4v) is 2.90. The summed E-state index contributed by atoms with van der Waals surface area (Å²) in [6, 6.07) is 7.52. The number of benzene rings is 1. The second kappa shape index (κ2) is 5.34. The zero-order valence-electron chi connectivity index (χ0n) is 11.9. The third-order valence-electron chi connectivity index (χ3n) is 3.71. The number of halogens is 1. The van der Waals surface area contributed by atoms with Crippen molar-refractivity contribution in [2.75, 3.05) is 11.9 Å². The van der Waals surface area contributed by atoms with Gasteiger partial charge >= 0.3 is 0 Å². The first kappa shape index (κ1) is 13.8. The van der Waals surface area contributed by atoms with Crippen molar-refractivity contribution >= 4 is 29.3 Å². The van der Waals surface area contributed by atoms with Crippen LogP contribution in [0.15, 0.2) is 42.2 Å². The number of anilines is 1. The molecule has 1 aromatic heterocycles. The molecule has 0 bridgehead atoms. The van der Waals surface area contributed by atoms with Gasteiger partial charge in [0, 0.05) is 36.5 Å². The fraction of sp³-hybridized carbons (Fsp3) is 0.176. The molecule has 2 aromatic rings. The van der Waals surface area contributed by atoms with Crippen LogP contribution in [-0.4, -0.2) is 17.9 Å². The highest BCUT2D eigenvalue weighted by Gasteiger charge is 2.27. The Kier molecular flexibility index (Phi) is 3.52. The second-order valence-corrected chi connectivity index (χ2v) is 5.60. The predicted octanol–water partition coefficient (Wildman–Crippen LogP) is 3.65. The summed E-state index contributed by atoms with van der Waals surface area (Å²) in [5, 5.41) is 0.647. The molecule has 0 spiro atoms. The number of pyridine rings is 1. The van der Waals surface area contributed by atoms with E-state index in [1.54, 1.807) is 18.1 Å². The molecule has 0 saturated heterocycles. The minimum atomic E-state index is 0.0109. The highest BCUT2D eigenvalue weighted by molar-refractivity contribution is 6.32. The molecule has 1 amide bonds. The molecule has 0 fully saturated rings. The van der Waals surface area contributed by atoms with Gasteiger partial charge in [-0.3, -0.25) is 9.78 Å². The Balaban J connectivity index is 2.07. The first-order valence-corrected chi connectivity index (χ1v) is 7.12. The van der Waals surface area contributed by atoms with Gasteiger partial charge in [0.25, 0.3) is 5.91 Å². The molecule has 0 aliphatic carbocycles. The zero-order valence-corrected chi connectivity index (χ0v) is 12.7. The summed E-state index contributed by atoms with van der Waals surface area (Å²) in [5.41, 5.74) is 4.63. The highest BCUT2D eigenvalue weighted by atomic mass is 35.5. The van der Waals surface area contributed by atoms with Crippen LogP contribution in [-0.2, 0) is 11.2 Å². The van der Waals surface area contributed by atoms with Crippen molar-refractivity contribution in [1.29, 1.82) is 0 Å². The summed E-state index contributed by atoms with van der Waals surface area (Å²) in [6.45, 7) is 1.97. The van der Waals surface area contributed by atoms with Crippen LogP contribution in [0, 0.1) is 6.92 Å². The number of fused-ring (bicyclic) bond motifs is 1. The van der Waals surface area contributed by atoms with Crippen molar-refractivity contribution in [2.24, 2.45) is 0 Å². The molecule has 0 N–H and O–H groups in total. The number of hydrogen-bond donors (Lipinski definition) is 0. The van der Waals surface area contributed by atoms with Crippen LogP contribution < -0.4 is 4.90 Å². The van der Waals surface area contributed by atoms with Crippen LogP contribution in [0.4, 0.5) is 5.69 Å². The monoisotopic (exact) mass is 298 g/mol. The van der Waals surface area contributed by atoms with Crippen molar-refractivity contribution in [3.8, 4) is 0 Å². The predicted molar refractivity (Wildman–Crippen MR) is 85.5 cm³/mol. The molecule has 1 aliphatic heterocycles. The summed E-state index contributed by atoms with van der Waals surface area (Å²) in [5.74, 6) is 0.0109. The van der Waals surface area contributed by atoms with Crippen LogP contribution in [0.25, 0.3) is 6.08 Å². The first-order valence-electron chi connectivity index (χ1n) is 6.74. The van der Waals surface area contributed by atoms with E-state index in [1.807, 2.05) is 43.5 Å². The lowest BCUT2D eigenvalue weighted by atomic mass is 9.95. The smallest absolute Gasteiger partial charge is 0.254 e. The van der Waals surface area contributed by atoms with Gasteiger partial charge in [-0.25, -0.2) is 0 Å². The molecule has 0 unspecified atom stereocenters. The lowest BCUT2D eigenvalue weighted by Crippen LogP contribution is -2.34. The minimum absolute atomic E-state index is 0.0109. The number of amides is 1. The maximum atomic E-state index is 12.6. The van der Waals surface area contributed by atoms with Crippen LogP contribution in [0.3, 0.4) is 0 Å². The topological polar surface area (TPSA) is 33.2 Å². The van der Waals surface area contributed by atoms with Crippen LogP contribution in [0.2, 0.25) is 5.02 Å². The molecule has 0 radical (unpaired) electrons. The normalized spacial score (nSPS) is 16.2. The van der Waals surface area contributed by atoms with E-state index in [1.165, 1.54) is 0 Å². The van der Waals surface area contributed by atoms with Crippen LogP contribution >= 0.6 is 11.6 Å². The van der Waals surface area contributed by atoms with Gasteiger partial charge in [-0.05, 0) is 35.8 Å². The maximum Gasteiger partial charge on any atom is 0.254 e. The quantitative estimate of drug-likeness (QED) is 0.753. The van der Waals surface area contributed by atoms with E-state index < -0.39 is 0 Å². The SMILES string of the molecule is Cc1cncc2c1N(C)C(=O)/C(=C\c1ccccc1Cl)C2. The van der Waals surface area contributed by atoms with E-state index in [0.717, 1.165) is 28.0 Å². The van der Waals surface area contributed by atoms with Crippen LogP contribution in [0.5, 0.6) is 0 Å². The molecule has 106 valence electrons. The van der Waals surface area contributed by atoms with E-state index in [9.17, 15) is 4.79 Å². The summed E-state index contributed by atoms with van der Waals surface area (Å²) in [4.78, 5) is 18.5. The number of rotatable bonds is 1. The Hall–Kier alpha value is -2.13. The second-order valence-electron chi connectivity index (χ2n) is 5.20. The van der Waals surface area contributed by atoms with Crippen molar-refractivity contribution in [3.05, 3.63) is 63.9 Å². The first-order chi connectivity index (χ1) is 10.1. The highest BCUT2D eigenvalue weighted by Crippen LogP contribution is 2.32. The summed E-state index contributed by atoms with van der Waals surface area (Å²) >= 11 is 6.17. The van der Waals surface area contributed by atoms with Gasteiger partial charge in [0.2, 0.25) is 0 Å². The molecule has 0 saturated carbocycles. The van der Waals surface area contributed by atoms with Gasteiger partial charge in [-0.1, -0.05) is 29.8 Å².